The molecule has 0 aliphatic carbocycles. The van der Waals surface area contributed by atoms with Gasteiger partial charge in [-0.25, -0.2) is 18.7 Å². The summed E-state index contributed by atoms with van der Waals surface area (Å²) in [5.74, 6) is 1.36. The minimum atomic E-state index is -2.43. The van der Waals surface area contributed by atoms with Gasteiger partial charge in [-0.15, -0.1) is 0 Å². The molecule has 0 atom stereocenters. The molecule has 0 aliphatic rings. The highest BCUT2D eigenvalue weighted by Gasteiger charge is 2.06. The minimum absolute atomic E-state index is 0.432. The Morgan fingerprint density at radius 3 is 2.95 bits per heavy atom. The van der Waals surface area contributed by atoms with Gasteiger partial charge in [0.2, 0.25) is 5.88 Å². The predicted molar refractivity (Wildman–Crippen MR) is 64.7 cm³/mol. The summed E-state index contributed by atoms with van der Waals surface area (Å²) in [6.45, 7) is 1.91. The number of ether oxygens (including phenoxy) is 1. The number of hydrogen-bond acceptors (Lipinski definition) is 5. The standard InChI is InChI=1S/C11H13F2N5O/c1-2-19-11-5-10(14-7-15-11)16-9-3-4-18(17-9)6-8(12)13/h3-5,7-8H,2,6H2,1H3,(H,14,15,16,17). The van der Waals surface area contributed by atoms with Gasteiger partial charge in [0.25, 0.3) is 6.43 Å². The van der Waals surface area contributed by atoms with Crippen LogP contribution in [0.25, 0.3) is 0 Å². The second kappa shape index (κ2) is 6.07. The number of nitrogens with one attached hydrogen (secondary N) is 1. The van der Waals surface area contributed by atoms with Crippen LogP contribution in [-0.2, 0) is 6.54 Å². The van der Waals surface area contributed by atoms with Crippen molar-refractivity contribution < 1.29 is 13.5 Å². The first-order valence-corrected chi connectivity index (χ1v) is 5.71. The van der Waals surface area contributed by atoms with Crippen molar-refractivity contribution in [3.63, 3.8) is 0 Å². The summed E-state index contributed by atoms with van der Waals surface area (Å²) in [6.07, 6.45) is 0.388. The molecule has 1 N–H and O–H groups in total. The van der Waals surface area contributed by atoms with E-state index in [9.17, 15) is 8.78 Å². The second-order valence-corrected chi connectivity index (χ2v) is 3.61. The third-order valence-electron chi connectivity index (χ3n) is 2.16. The minimum Gasteiger partial charge on any atom is -0.478 e. The summed E-state index contributed by atoms with van der Waals surface area (Å²) in [7, 11) is 0. The zero-order valence-electron chi connectivity index (χ0n) is 10.3. The quantitative estimate of drug-likeness (QED) is 0.869. The smallest absolute Gasteiger partial charge is 0.257 e. The highest BCUT2D eigenvalue weighted by Crippen LogP contribution is 2.15. The first kappa shape index (κ1) is 13.2. The molecule has 0 bridgehead atoms. The van der Waals surface area contributed by atoms with Crippen molar-refractivity contribution in [3.05, 3.63) is 24.7 Å². The molecule has 0 saturated carbocycles. The van der Waals surface area contributed by atoms with Crippen molar-refractivity contribution in [2.24, 2.45) is 0 Å². The largest absolute Gasteiger partial charge is 0.478 e. The Morgan fingerprint density at radius 2 is 2.21 bits per heavy atom. The molecule has 0 amide bonds. The molecule has 0 spiro atoms. The molecule has 0 saturated heterocycles. The topological polar surface area (TPSA) is 64.9 Å². The lowest BCUT2D eigenvalue weighted by molar-refractivity contribution is 0.122. The molecule has 2 heterocycles. The maximum atomic E-state index is 12.2. The zero-order chi connectivity index (χ0) is 13.7. The molecule has 0 radical (unpaired) electrons. The van der Waals surface area contributed by atoms with E-state index in [1.807, 2.05) is 6.92 Å². The van der Waals surface area contributed by atoms with E-state index in [1.54, 1.807) is 12.1 Å². The average Bonchev–Trinajstić information content (AvgIpc) is 2.76. The lowest BCUT2D eigenvalue weighted by Crippen LogP contribution is -2.07. The molecule has 6 nitrogen and oxygen atoms in total. The van der Waals surface area contributed by atoms with Crippen molar-refractivity contribution in [1.29, 1.82) is 0 Å². The van der Waals surface area contributed by atoms with Gasteiger partial charge in [-0.3, -0.25) is 4.68 Å². The van der Waals surface area contributed by atoms with E-state index in [0.29, 0.717) is 24.1 Å². The lowest BCUT2D eigenvalue weighted by Gasteiger charge is -2.04. The first-order valence-electron chi connectivity index (χ1n) is 5.71. The van der Waals surface area contributed by atoms with Crippen LogP contribution in [0.4, 0.5) is 20.4 Å². The predicted octanol–water partition coefficient (Wildman–Crippen LogP) is 2.08. The normalized spacial score (nSPS) is 10.7. The number of rotatable bonds is 6. The van der Waals surface area contributed by atoms with Crippen LogP contribution in [0, 0.1) is 0 Å². The summed E-state index contributed by atoms with van der Waals surface area (Å²) in [5.41, 5.74) is 0. The Hall–Kier alpha value is -2.25. The van der Waals surface area contributed by atoms with Gasteiger partial charge in [-0.05, 0) is 6.92 Å². The van der Waals surface area contributed by atoms with Crippen molar-refractivity contribution in [2.75, 3.05) is 11.9 Å². The van der Waals surface area contributed by atoms with E-state index in [4.69, 9.17) is 4.74 Å². The van der Waals surface area contributed by atoms with Gasteiger partial charge in [0.1, 0.15) is 18.7 Å². The number of nitrogens with zero attached hydrogens (tertiary/aromatic N) is 4. The maximum Gasteiger partial charge on any atom is 0.257 e. The zero-order valence-corrected chi connectivity index (χ0v) is 10.3. The SMILES string of the molecule is CCOc1cc(Nc2ccn(CC(F)F)n2)ncn1. The molecular weight excluding hydrogens is 256 g/mol. The summed E-state index contributed by atoms with van der Waals surface area (Å²) >= 11 is 0. The Balaban J connectivity index is 2.04. The van der Waals surface area contributed by atoms with E-state index >= 15 is 0 Å². The average molecular weight is 269 g/mol. The molecule has 2 rings (SSSR count). The number of hydrogen-bond donors (Lipinski definition) is 1. The fourth-order valence-corrected chi connectivity index (χ4v) is 1.44. The highest BCUT2D eigenvalue weighted by molar-refractivity contribution is 5.51. The highest BCUT2D eigenvalue weighted by atomic mass is 19.3. The molecule has 2 aromatic heterocycles. The van der Waals surface area contributed by atoms with E-state index in [2.05, 4.69) is 20.4 Å². The van der Waals surface area contributed by atoms with Gasteiger partial charge >= 0.3 is 0 Å². The second-order valence-electron chi connectivity index (χ2n) is 3.61. The molecule has 2 aromatic rings. The maximum absolute atomic E-state index is 12.2. The number of alkyl halides is 2. The van der Waals surface area contributed by atoms with Crippen LogP contribution in [-0.4, -0.2) is 32.8 Å². The van der Waals surface area contributed by atoms with Crippen molar-refractivity contribution >= 4 is 11.6 Å². The molecule has 0 fully saturated rings. The first-order chi connectivity index (χ1) is 9.17. The third kappa shape index (κ3) is 3.87. The van der Waals surface area contributed by atoms with Crippen LogP contribution in [0.3, 0.4) is 0 Å². The van der Waals surface area contributed by atoms with E-state index in [1.165, 1.54) is 12.5 Å². The number of halogens is 2. The van der Waals surface area contributed by atoms with Crippen molar-refractivity contribution in [3.8, 4) is 5.88 Å². The van der Waals surface area contributed by atoms with E-state index in [0.717, 1.165) is 4.68 Å². The number of aromatic nitrogens is 4. The molecule has 102 valence electrons. The fourth-order valence-electron chi connectivity index (χ4n) is 1.44. The van der Waals surface area contributed by atoms with Crippen LogP contribution >= 0.6 is 0 Å². The lowest BCUT2D eigenvalue weighted by atomic mass is 10.5. The molecule has 0 unspecified atom stereocenters. The molecule has 19 heavy (non-hydrogen) atoms. The molecule has 0 aliphatic heterocycles. The van der Waals surface area contributed by atoms with Crippen LogP contribution in [0.1, 0.15) is 6.92 Å². The summed E-state index contributed by atoms with van der Waals surface area (Å²) in [5, 5.41) is 6.83. The van der Waals surface area contributed by atoms with Crippen LogP contribution in [0.5, 0.6) is 5.88 Å². The van der Waals surface area contributed by atoms with Gasteiger partial charge in [-0.1, -0.05) is 0 Å². The van der Waals surface area contributed by atoms with Crippen molar-refractivity contribution in [2.45, 2.75) is 19.9 Å². The van der Waals surface area contributed by atoms with Gasteiger partial charge in [0.05, 0.1) is 6.61 Å². The van der Waals surface area contributed by atoms with Crippen molar-refractivity contribution in [1.82, 2.24) is 19.7 Å². The molecular formula is C11H13F2N5O. The Morgan fingerprint density at radius 1 is 1.37 bits per heavy atom. The van der Waals surface area contributed by atoms with Gasteiger partial charge in [0, 0.05) is 18.3 Å². The fraction of sp³-hybridized carbons (Fsp3) is 0.364. The Kier molecular flexibility index (Phi) is 4.22. The van der Waals surface area contributed by atoms with Crippen LogP contribution < -0.4 is 10.1 Å². The van der Waals surface area contributed by atoms with Gasteiger partial charge in [-0.2, -0.15) is 5.10 Å². The summed E-state index contributed by atoms with van der Waals surface area (Å²) in [6, 6.07) is 3.19. The van der Waals surface area contributed by atoms with E-state index in [-0.39, 0.29) is 0 Å². The van der Waals surface area contributed by atoms with Crippen LogP contribution in [0.15, 0.2) is 24.7 Å². The number of anilines is 2. The molecule has 0 aromatic carbocycles. The van der Waals surface area contributed by atoms with E-state index < -0.39 is 13.0 Å². The molecule has 8 heteroatoms. The summed E-state index contributed by atoms with van der Waals surface area (Å²) in [4.78, 5) is 7.90. The Bertz CT molecular complexity index is 531. The third-order valence-corrected chi connectivity index (χ3v) is 2.16. The monoisotopic (exact) mass is 269 g/mol. The van der Waals surface area contributed by atoms with Crippen LogP contribution in [0.2, 0.25) is 0 Å². The van der Waals surface area contributed by atoms with Gasteiger partial charge < -0.3 is 10.1 Å². The van der Waals surface area contributed by atoms with Gasteiger partial charge in [0.15, 0.2) is 5.82 Å². The summed E-state index contributed by atoms with van der Waals surface area (Å²) < 4.78 is 30.7. The Labute approximate surface area is 108 Å².